The van der Waals surface area contributed by atoms with E-state index in [1.807, 2.05) is 17.7 Å². The number of aromatic nitrogens is 4. The van der Waals surface area contributed by atoms with Crippen molar-refractivity contribution >= 4 is 0 Å². The maximum absolute atomic E-state index is 5.73. The summed E-state index contributed by atoms with van der Waals surface area (Å²) in [6.45, 7) is 5.94. The number of nitrogens with two attached hydrogens (primary N) is 1. The number of aryl methyl sites for hydroxylation is 1. The zero-order valence-corrected chi connectivity index (χ0v) is 12.2. The van der Waals surface area contributed by atoms with Crippen molar-refractivity contribution in [1.82, 2.24) is 25.2 Å². The van der Waals surface area contributed by atoms with Crippen molar-refractivity contribution in [2.24, 2.45) is 5.84 Å². The minimum absolute atomic E-state index is 0.188. The van der Waals surface area contributed by atoms with Crippen LogP contribution in [0.25, 0.3) is 0 Å². The van der Waals surface area contributed by atoms with E-state index in [0.29, 0.717) is 11.6 Å². The molecule has 0 aliphatic heterocycles. The number of hydrogen-bond acceptors (Lipinski definition) is 6. The van der Waals surface area contributed by atoms with Gasteiger partial charge in [0.25, 0.3) is 0 Å². The Kier molecular flexibility index (Phi) is 4.31. The van der Waals surface area contributed by atoms with Gasteiger partial charge < -0.3 is 4.74 Å². The van der Waals surface area contributed by atoms with Gasteiger partial charge >= 0.3 is 0 Å². The Morgan fingerprint density at radius 3 is 2.70 bits per heavy atom. The van der Waals surface area contributed by atoms with Crippen molar-refractivity contribution in [2.45, 2.75) is 32.9 Å². The first-order valence-electron chi connectivity index (χ1n) is 6.45. The number of hydrogen-bond donors (Lipinski definition) is 2. The van der Waals surface area contributed by atoms with Crippen LogP contribution in [0.2, 0.25) is 0 Å². The molecule has 2 aromatic rings. The average molecular weight is 276 g/mol. The zero-order valence-electron chi connectivity index (χ0n) is 12.2. The standard InChI is InChI=1S/C13H20N6O/c1-8(2)19-13(11(20-4)7-16-19)12(18-14)10-5-6-15-9(3)17-10/h5-8,12,18H,14H2,1-4H3. The Hall–Kier alpha value is -1.99. The molecule has 2 rings (SSSR count). The van der Waals surface area contributed by atoms with Gasteiger partial charge in [-0.05, 0) is 26.8 Å². The summed E-state index contributed by atoms with van der Waals surface area (Å²) in [4.78, 5) is 8.53. The molecule has 0 radical (unpaired) electrons. The third-order valence-corrected chi connectivity index (χ3v) is 3.04. The second kappa shape index (κ2) is 5.98. The summed E-state index contributed by atoms with van der Waals surface area (Å²) in [5.41, 5.74) is 4.42. The highest BCUT2D eigenvalue weighted by atomic mass is 16.5. The predicted octanol–water partition coefficient (Wildman–Crippen LogP) is 1.12. The molecule has 2 heterocycles. The van der Waals surface area contributed by atoms with E-state index in [0.717, 1.165) is 11.4 Å². The molecule has 3 N–H and O–H groups in total. The van der Waals surface area contributed by atoms with Crippen LogP contribution >= 0.6 is 0 Å². The molecular weight excluding hydrogens is 256 g/mol. The highest BCUT2D eigenvalue weighted by molar-refractivity contribution is 5.34. The number of ether oxygens (including phenoxy) is 1. The molecule has 0 saturated carbocycles. The molecule has 0 amide bonds. The van der Waals surface area contributed by atoms with E-state index in [1.54, 1.807) is 19.5 Å². The zero-order chi connectivity index (χ0) is 14.7. The highest BCUT2D eigenvalue weighted by Gasteiger charge is 2.25. The lowest BCUT2D eigenvalue weighted by Gasteiger charge is -2.20. The lowest BCUT2D eigenvalue weighted by Crippen LogP contribution is -2.32. The third kappa shape index (κ3) is 2.63. The molecule has 0 aliphatic rings. The summed E-state index contributed by atoms with van der Waals surface area (Å²) in [7, 11) is 1.62. The van der Waals surface area contributed by atoms with Gasteiger partial charge in [0.15, 0.2) is 5.75 Å². The molecule has 1 unspecified atom stereocenters. The van der Waals surface area contributed by atoms with Crippen LogP contribution in [0.4, 0.5) is 0 Å². The predicted molar refractivity (Wildman–Crippen MR) is 75.1 cm³/mol. The van der Waals surface area contributed by atoms with Crippen LogP contribution in [0.1, 0.15) is 43.1 Å². The Morgan fingerprint density at radius 2 is 2.15 bits per heavy atom. The van der Waals surface area contributed by atoms with Gasteiger partial charge in [0.05, 0.1) is 19.0 Å². The van der Waals surface area contributed by atoms with E-state index in [1.165, 1.54) is 0 Å². The summed E-state index contributed by atoms with van der Waals surface area (Å²) in [6, 6.07) is 1.71. The lowest BCUT2D eigenvalue weighted by atomic mass is 10.1. The quantitative estimate of drug-likeness (QED) is 0.628. The van der Waals surface area contributed by atoms with Crippen molar-refractivity contribution < 1.29 is 4.74 Å². The normalized spacial score (nSPS) is 12.7. The van der Waals surface area contributed by atoms with Crippen LogP contribution in [0.5, 0.6) is 5.75 Å². The van der Waals surface area contributed by atoms with E-state index < -0.39 is 0 Å². The monoisotopic (exact) mass is 276 g/mol. The van der Waals surface area contributed by atoms with Gasteiger partial charge in [0.1, 0.15) is 17.6 Å². The minimum atomic E-state index is -0.309. The van der Waals surface area contributed by atoms with Gasteiger partial charge in [-0.3, -0.25) is 10.5 Å². The SMILES string of the molecule is COc1cnn(C(C)C)c1C(NN)c1ccnc(C)n1. The molecule has 0 aliphatic carbocycles. The molecule has 0 spiro atoms. The van der Waals surface area contributed by atoms with E-state index in [-0.39, 0.29) is 12.1 Å². The summed E-state index contributed by atoms with van der Waals surface area (Å²) in [6.07, 6.45) is 3.40. The Balaban J connectivity index is 2.54. The molecule has 1 atom stereocenters. The van der Waals surface area contributed by atoms with Gasteiger partial charge in [-0.25, -0.2) is 15.4 Å². The second-order valence-electron chi connectivity index (χ2n) is 4.76. The summed E-state index contributed by atoms with van der Waals surface area (Å²) < 4.78 is 7.26. The van der Waals surface area contributed by atoms with Crippen molar-refractivity contribution in [1.29, 1.82) is 0 Å². The molecule has 2 aromatic heterocycles. The van der Waals surface area contributed by atoms with Crippen LogP contribution in [0.15, 0.2) is 18.5 Å². The Morgan fingerprint density at radius 1 is 1.40 bits per heavy atom. The van der Waals surface area contributed by atoms with Crippen molar-refractivity contribution in [3.8, 4) is 5.75 Å². The van der Waals surface area contributed by atoms with Crippen LogP contribution in [0, 0.1) is 6.92 Å². The van der Waals surface area contributed by atoms with Crippen molar-refractivity contribution in [3.05, 3.63) is 35.7 Å². The largest absolute Gasteiger partial charge is 0.493 e. The number of nitrogens with zero attached hydrogens (tertiary/aromatic N) is 4. The Labute approximate surface area is 118 Å². The fraction of sp³-hybridized carbons (Fsp3) is 0.462. The van der Waals surface area contributed by atoms with E-state index in [2.05, 4.69) is 34.3 Å². The molecule has 7 heteroatoms. The molecule has 0 fully saturated rings. The second-order valence-corrected chi connectivity index (χ2v) is 4.76. The van der Waals surface area contributed by atoms with Crippen molar-refractivity contribution in [3.63, 3.8) is 0 Å². The number of methoxy groups -OCH3 is 1. The molecule has 0 bridgehead atoms. The topological polar surface area (TPSA) is 90.9 Å². The van der Waals surface area contributed by atoms with Gasteiger partial charge in [-0.2, -0.15) is 5.10 Å². The van der Waals surface area contributed by atoms with Crippen LogP contribution < -0.4 is 16.0 Å². The maximum atomic E-state index is 5.73. The molecule has 7 nitrogen and oxygen atoms in total. The summed E-state index contributed by atoms with van der Waals surface area (Å²) >= 11 is 0. The van der Waals surface area contributed by atoms with Gasteiger partial charge in [-0.1, -0.05) is 0 Å². The highest BCUT2D eigenvalue weighted by Crippen LogP contribution is 2.30. The van der Waals surface area contributed by atoms with Gasteiger partial charge in [0, 0.05) is 12.2 Å². The first kappa shape index (κ1) is 14.4. The first-order chi connectivity index (χ1) is 9.58. The first-order valence-corrected chi connectivity index (χ1v) is 6.45. The number of nitrogens with one attached hydrogen (secondary N) is 1. The molecule has 20 heavy (non-hydrogen) atoms. The fourth-order valence-electron chi connectivity index (χ4n) is 2.14. The van der Waals surface area contributed by atoms with Crippen molar-refractivity contribution in [2.75, 3.05) is 7.11 Å². The molecular formula is C13H20N6O. The summed E-state index contributed by atoms with van der Waals surface area (Å²) in [5, 5.41) is 4.36. The lowest BCUT2D eigenvalue weighted by molar-refractivity contribution is 0.393. The van der Waals surface area contributed by atoms with Crippen LogP contribution in [0.3, 0.4) is 0 Å². The smallest absolute Gasteiger partial charge is 0.162 e. The molecule has 108 valence electrons. The number of hydrazine groups is 1. The Bertz CT molecular complexity index is 580. The van der Waals surface area contributed by atoms with Gasteiger partial charge in [0.2, 0.25) is 0 Å². The van der Waals surface area contributed by atoms with Crippen LogP contribution in [-0.2, 0) is 0 Å². The van der Waals surface area contributed by atoms with E-state index in [9.17, 15) is 0 Å². The third-order valence-electron chi connectivity index (χ3n) is 3.04. The van der Waals surface area contributed by atoms with E-state index in [4.69, 9.17) is 10.6 Å². The summed E-state index contributed by atoms with van der Waals surface area (Å²) in [5.74, 6) is 7.10. The molecule has 0 aromatic carbocycles. The minimum Gasteiger partial charge on any atom is -0.493 e. The van der Waals surface area contributed by atoms with E-state index >= 15 is 0 Å². The van der Waals surface area contributed by atoms with Crippen LogP contribution in [-0.4, -0.2) is 26.9 Å². The number of rotatable bonds is 5. The fourth-order valence-corrected chi connectivity index (χ4v) is 2.14. The average Bonchev–Trinajstić information content (AvgIpc) is 2.84. The maximum Gasteiger partial charge on any atom is 0.162 e. The molecule has 0 saturated heterocycles. The van der Waals surface area contributed by atoms with Gasteiger partial charge in [-0.15, -0.1) is 0 Å².